The number of piperidine rings is 1. The maximum absolute atomic E-state index is 12.7. The lowest BCUT2D eigenvalue weighted by Crippen LogP contribution is -2.42. The Morgan fingerprint density at radius 2 is 1.88 bits per heavy atom. The van der Waals surface area contributed by atoms with Crippen molar-refractivity contribution in [1.82, 2.24) is 15.6 Å². The van der Waals surface area contributed by atoms with E-state index in [1.54, 1.807) is 12.1 Å². The first-order valence-electron chi connectivity index (χ1n) is 11.7. The molecule has 0 unspecified atom stereocenters. The van der Waals surface area contributed by atoms with Crippen LogP contribution in [0.2, 0.25) is 0 Å². The highest BCUT2D eigenvalue weighted by Gasteiger charge is 2.24. The van der Waals surface area contributed by atoms with Gasteiger partial charge in [0, 0.05) is 18.3 Å². The molecule has 1 atom stereocenters. The molecule has 34 heavy (non-hydrogen) atoms. The van der Waals surface area contributed by atoms with Gasteiger partial charge in [0.2, 0.25) is 5.88 Å². The zero-order valence-electron chi connectivity index (χ0n) is 20.4. The number of nitrogens with zero attached hydrogens (tertiary/aromatic N) is 1. The molecule has 2 N–H and O–H groups in total. The fourth-order valence-corrected chi connectivity index (χ4v) is 3.62. The molecule has 8 nitrogen and oxygen atoms in total. The summed E-state index contributed by atoms with van der Waals surface area (Å²) in [6.07, 6.45) is 4.83. The lowest BCUT2D eigenvalue weighted by molar-refractivity contribution is -0.143. The zero-order chi connectivity index (χ0) is 24.6. The van der Waals surface area contributed by atoms with Gasteiger partial charge in [-0.1, -0.05) is 26.8 Å². The fraction of sp³-hybridized carbons (Fsp3) is 0.500. The number of benzene rings is 1. The molecule has 0 bridgehead atoms. The molecule has 2 aromatic rings. The van der Waals surface area contributed by atoms with E-state index in [1.165, 1.54) is 13.3 Å². The largest absolute Gasteiger partial charge is 0.490 e. The van der Waals surface area contributed by atoms with Crippen LogP contribution in [-0.2, 0) is 9.53 Å². The van der Waals surface area contributed by atoms with Crippen molar-refractivity contribution in [3.63, 3.8) is 0 Å². The minimum absolute atomic E-state index is 0.0352. The summed E-state index contributed by atoms with van der Waals surface area (Å²) in [5.74, 6) is 0.860. The first-order valence-corrected chi connectivity index (χ1v) is 11.7. The molecular weight excluding hydrogens is 434 g/mol. The van der Waals surface area contributed by atoms with Crippen LogP contribution in [0.5, 0.6) is 17.4 Å². The van der Waals surface area contributed by atoms with E-state index in [0.717, 1.165) is 38.1 Å². The van der Waals surface area contributed by atoms with Gasteiger partial charge < -0.3 is 24.8 Å². The molecule has 1 saturated heterocycles. The molecule has 184 valence electrons. The van der Waals surface area contributed by atoms with Crippen LogP contribution in [0.4, 0.5) is 0 Å². The lowest BCUT2D eigenvalue weighted by atomic mass is 9.88. The van der Waals surface area contributed by atoms with E-state index < -0.39 is 12.0 Å². The van der Waals surface area contributed by atoms with Gasteiger partial charge in [-0.15, -0.1) is 0 Å². The highest BCUT2D eigenvalue weighted by atomic mass is 16.5. The van der Waals surface area contributed by atoms with Crippen molar-refractivity contribution < 1.29 is 23.8 Å². The first kappa shape index (κ1) is 25.5. The maximum Gasteiger partial charge on any atom is 0.328 e. The number of carbonyl (C=O) groups is 2. The Kier molecular flexibility index (Phi) is 8.87. The molecule has 2 heterocycles. The Morgan fingerprint density at radius 1 is 1.15 bits per heavy atom. The normalized spacial score (nSPS) is 15.3. The lowest BCUT2D eigenvalue weighted by Gasteiger charge is -2.24. The molecule has 0 radical (unpaired) electrons. The van der Waals surface area contributed by atoms with Crippen LogP contribution < -0.4 is 20.1 Å². The molecule has 0 aliphatic carbocycles. The summed E-state index contributed by atoms with van der Waals surface area (Å²) >= 11 is 0. The maximum atomic E-state index is 12.7. The zero-order valence-corrected chi connectivity index (χ0v) is 20.4. The van der Waals surface area contributed by atoms with Crippen molar-refractivity contribution >= 4 is 11.9 Å². The van der Waals surface area contributed by atoms with E-state index in [4.69, 9.17) is 14.2 Å². The quantitative estimate of drug-likeness (QED) is 0.534. The van der Waals surface area contributed by atoms with Gasteiger partial charge >= 0.3 is 5.97 Å². The number of esters is 1. The van der Waals surface area contributed by atoms with Gasteiger partial charge in [0.05, 0.1) is 12.7 Å². The number of nitrogens with one attached hydrogen (secondary N) is 2. The third-order valence-electron chi connectivity index (χ3n) is 5.59. The van der Waals surface area contributed by atoms with Gasteiger partial charge in [-0.25, -0.2) is 9.78 Å². The molecule has 1 aliphatic heterocycles. The standard InChI is InChI=1S/C26H35N3O5/c1-26(2,3)13-10-22(25(31)32-4)29-24(30)18-8-9-23(28-17-18)34-21-7-5-6-20(16-21)33-19-11-14-27-15-12-19/h5-9,16-17,19,22,27H,10-15H2,1-4H3,(H,29,30)/t22-/m0/s1. The Labute approximate surface area is 201 Å². The highest BCUT2D eigenvalue weighted by molar-refractivity contribution is 5.96. The fourth-order valence-electron chi connectivity index (χ4n) is 3.62. The Hall–Kier alpha value is -3.13. The van der Waals surface area contributed by atoms with Gasteiger partial charge in [-0.2, -0.15) is 0 Å². The summed E-state index contributed by atoms with van der Waals surface area (Å²) in [5.41, 5.74) is 0.369. The Balaban J connectivity index is 1.59. The molecule has 0 saturated carbocycles. The molecule has 1 aliphatic rings. The first-order chi connectivity index (χ1) is 16.2. The molecule has 8 heteroatoms. The molecule has 1 amide bonds. The number of hydrogen-bond acceptors (Lipinski definition) is 7. The number of methoxy groups -OCH3 is 1. The number of ether oxygens (including phenoxy) is 3. The second-order valence-corrected chi connectivity index (χ2v) is 9.68. The SMILES string of the molecule is COC(=O)[C@H](CCC(C)(C)C)NC(=O)c1ccc(Oc2cccc(OC3CCNCC3)c2)nc1. The van der Waals surface area contributed by atoms with Crippen molar-refractivity contribution in [3.8, 4) is 17.4 Å². The van der Waals surface area contributed by atoms with Gasteiger partial charge in [0.25, 0.3) is 5.91 Å². The highest BCUT2D eigenvalue weighted by Crippen LogP contribution is 2.26. The van der Waals surface area contributed by atoms with Crippen LogP contribution in [0.15, 0.2) is 42.6 Å². The van der Waals surface area contributed by atoms with Crippen molar-refractivity contribution in [1.29, 1.82) is 0 Å². The van der Waals surface area contributed by atoms with Crippen molar-refractivity contribution in [2.75, 3.05) is 20.2 Å². The molecule has 1 fully saturated rings. The predicted octanol–water partition coefficient (Wildman–Crippen LogP) is 4.10. The van der Waals surface area contributed by atoms with Crippen LogP contribution in [0.25, 0.3) is 0 Å². The topological polar surface area (TPSA) is 98.8 Å². The van der Waals surface area contributed by atoms with Gasteiger partial charge in [-0.3, -0.25) is 4.79 Å². The van der Waals surface area contributed by atoms with Crippen molar-refractivity contribution in [2.24, 2.45) is 5.41 Å². The van der Waals surface area contributed by atoms with Gasteiger partial charge in [0.15, 0.2) is 0 Å². The van der Waals surface area contributed by atoms with Crippen LogP contribution in [0.3, 0.4) is 0 Å². The van der Waals surface area contributed by atoms with Crippen LogP contribution in [0, 0.1) is 5.41 Å². The second-order valence-electron chi connectivity index (χ2n) is 9.68. The molecule has 1 aromatic heterocycles. The van der Waals surface area contributed by atoms with E-state index in [9.17, 15) is 9.59 Å². The predicted molar refractivity (Wildman–Crippen MR) is 129 cm³/mol. The summed E-state index contributed by atoms with van der Waals surface area (Å²) in [6.45, 7) is 8.17. The van der Waals surface area contributed by atoms with Gasteiger partial charge in [0.1, 0.15) is 23.6 Å². The van der Waals surface area contributed by atoms with E-state index in [-0.39, 0.29) is 17.4 Å². The van der Waals surface area contributed by atoms with Crippen LogP contribution >= 0.6 is 0 Å². The van der Waals surface area contributed by atoms with Crippen LogP contribution in [-0.4, -0.2) is 49.2 Å². The third-order valence-corrected chi connectivity index (χ3v) is 5.59. The number of hydrogen-bond donors (Lipinski definition) is 2. The monoisotopic (exact) mass is 469 g/mol. The van der Waals surface area contributed by atoms with E-state index in [1.807, 2.05) is 24.3 Å². The number of carbonyl (C=O) groups excluding carboxylic acids is 2. The van der Waals surface area contributed by atoms with E-state index in [2.05, 4.69) is 36.4 Å². The summed E-state index contributed by atoms with van der Waals surface area (Å²) in [6, 6.07) is 9.97. The average molecular weight is 470 g/mol. The van der Waals surface area contributed by atoms with Gasteiger partial charge in [-0.05, 0) is 62.4 Å². The minimum Gasteiger partial charge on any atom is -0.490 e. The minimum atomic E-state index is -0.713. The third kappa shape index (κ3) is 8.02. The second kappa shape index (κ2) is 11.8. The van der Waals surface area contributed by atoms with Crippen molar-refractivity contribution in [2.45, 2.75) is 58.6 Å². The average Bonchev–Trinajstić information content (AvgIpc) is 2.82. The van der Waals surface area contributed by atoms with E-state index >= 15 is 0 Å². The molecule has 0 spiro atoms. The smallest absolute Gasteiger partial charge is 0.328 e. The molecule has 1 aromatic carbocycles. The summed E-state index contributed by atoms with van der Waals surface area (Å²) in [4.78, 5) is 29.1. The summed E-state index contributed by atoms with van der Waals surface area (Å²) in [5, 5.41) is 6.08. The van der Waals surface area contributed by atoms with Crippen molar-refractivity contribution in [3.05, 3.63) is 48.2 Å². The molecular formula is C26H35N3O5. The van der Waals surface area contributed by atoms with Crippen LogP contribution in [0.1, 0.15) is 56.8 Å². The summed E-state index contributed by atoms with van der Waals surface area (Å²) < 4.78 is 16.8. The summed E-state index contributed by atoms with van der Waals surface area (Å²) in [7, 11) is 1.32. The molecule has 3 rings (SSSR count). The number of aromatic nitrogens is 1. The number of rotatable bonds is 9. The Bertz CT molecular complexity index is 950. The van der Waals surface area contributed by atoms with E-state index in [0.29, 0.717) is 23.6 Å². The number of amides is 1. The Morgan fingerprint density at radius 3 is 2.53 bits per heavy atom. The number of pyridine rings is 1.